The van der Waals surface area contributed by atoms with Gasteiger partial charge in [0.2, 0.25) is 0 Å². The number of carbonyl (C=O) groups excluding carboxylic acids is 1. The molecule has 0 saturated heterocycles. The Balaban J connectivity index is 1.92. The highest BCUT2D eigenvalue weighted by Gasteiger charge is 2.36. The number of fused-ring (bicyclic) bond motifs is 3. The van der Waals surface area contributed by atoms with Gasteiger partial charge in [-0.05, 0) is 13.0 Å². The molecule has 2 aromatic heterocycles. The first-order valence-electron chi connectivity index (χ1n) is 8.65. The number of nitrogens with zero attached hydrogens (tertiary/aromatic N) is 3. The third-order valence-electron chi connectivity index (χ3n) is 4.83. The molecule has 2 amide bonds. The van der Waals surface area contributed by atoms with Crippen LogP contribution in [-0.4, -0.2) is 36.8 Å². The summed E-state index contributed by atoms with van der Waals surface area (Å²) >= 11 is 6.38. The van der Waals surface area contributed by atoms with E-state index in [2.05, 4.69) is 9.97 Å². The molecule has 0 aliphatic carbocycles. The average Bonchev–Trinajstić information content (AvgIpc) is 3.18. The standard InChI is InChI=1S/C19H18ClFN4O3/c1-4-24-16-10(8-23-18-11(16)5-6-22-18)9-25(19(24)26)17-14(20)12(27-2)7-13(28-3)15(17)21/h5-8H,4,9H2,1-3H3,(H,22,23). The minimum Gasteiger partial charge on any atom is -0.495 e. The van der Waals surface area contributed by atoms with Crippen molar-refractivity contribution >= 4 is 40.0 Å². The van der Waals surface area contributed by atoms with E-state index in [9.17, 15) is 4.79 Å². The second-order valence-electron chi connectivity index (χ2n) is 6.24. The molecule has 0 fully saturated rings. The lowest BCUT2D eigenvalue weighted by Gasteiger charge is -2.37. The Labute approximate surface area is 165 Å². The van der Waals surface area contributed by atoms with Gasteiger partial charge in [-0.25, -0.2) is 14.2 Å². The van der Waals surface area contributed by atoms with Crippen molar-refractivity contribution in [2.75, 3.05) is 30.6 Å². The number of anilines is 2. The van der Waals surface area contributed by atoms with Gasteiger partial charge in [0.25, 0.3) is 0 Å². The zero-order chi connectivity index (χ0) is 20.0. The van der Waals surface area contributed by atoms with Crippen molar-refractivity contribution in [3.05, 3.63) is 40.9 Å². The highest BCUT2D eigenvalue weighted by Crippen LogP contribution is 2.45. The molecule has 0 bridgehead atoms. The van der Waals surface area contributed by atoms with Gasteiger partial charge in [-0.3, -0.25) is 9.80 Å². The van der Waals surface area contributed by atoms with Crippen molar-refractivity contribution in [1.82, 2.24) is 9.97 Å². The normalized spacial score (nSPS) is 13.8. The summed E-state index contributed by atoms with van der Waals surface area (Å²) in [5, 5.41) is 0.839. The molecule has 3 heterocycles. The average molecular weight is 405 g/mol. The van der Waals surface area contributed by atoms with Crippen LogP contribution < -0.4 is 19.3 Å². The molecule has 28 heavy (non-hydrogen) atoms. The first kappa shape index (κ1) is 18.4. The van der Waals surface area contributed by atoms with Crippen LogP contribution in [0.3, 0.4) is 0 Å². The van der Waals surface area contributed by atoms with E-state index in [-0.39, 0.29) is 34.8 Å². The van der Waals surface area contributed by atoms with Crippen LogP contribution in [0.2, 0.25) is 5.02 Å². The number of hydrogen-bond donors (Lipinski definition) is 1. The van der Waals surface area contributed by atoms with Crippen molar-refractivity contribution in [3.8, 4) is 11.5 Å². The molecule has 4 rings (SSSR count). The van der Waals surface area contributed by atoms with Crippen molar-refractivity contribution in [2.24, 2.45) is 0 Å². The van der Waals surface area contributed by atoms with Gasteiger partial charge in [0.05, 0.1) is 26.5 Å². The number of amides is 2. The summed E-state index contributed by atoms with van der Waals surface area (Å²) < 4.78 is 25.5. The molecule has 1 aliphatic heterocycles. The number of methoxy groups -OCH3 is 2. The van der Waals surface area contributed by atoms with E-state index in [4.69, 9.17) is 21.1 Å². The van der Waals surface area contributed by atoms with E-state index in [0.717, 1.165) is 16.6 Å². The molecule has 7 nitrogen and oxygen atoms in total. The second-order valence-corrected chi connectivity index (χ2v) is 6.62. The van der Waals surface area contributed by atoms with Gasteiger partial charge in [-0.15, -0.1) is 0 Å². The van der Waals surface area contributed by atoms with Crippen molar-refractivity contribution in [3.63, 3.8) is 0 Å². The van der Waals surface area contributed by atoms with Crippen LogP contribution in [0.4, 0.5) is 20.6 Å². The first-order valence-corrected chi connectivity index (χ1v) is 9.03. The van der Waals surface area contributed by atoms with E-state index in [1.165, 1.54) is 25.2 Å². The van der Waals surface area contributed by atoms with Gasteiger partial charge < -0.3 is 14.5 Å². The maximum Gasteiger partial charge on any atom is 0.329 e. The lowest BCUT2D eigenvalue weighted by Crippen LogP contribution is -2.48. The predicted octanol–water partition coefficient (Wildman–Crippen LogP) is 4.34. The van der Waals surface area contributed by atoms with Crippen LogP contribution in [0.1, 0.15) is 12.5 Å². The van der Waals surface area contributed by atoms with Crippen LogP contribution in [0.15, 0.2) is 24.5 Å². The fourth-order valence-corrected chi connectivity index (χ4v) is 3.84. The van der Waals surface area contributed by atoms with Crippen LogP contribution in [0.5, 0.6) is 11.5 Å². The number of rotatable bonds is 4. The number of pyridine rings is 1. The predicted molar refractivity (Wildman–Crippen MR) is 105 cm³/mol. The van der Waals surface area contributed by atoms with Gasteiger partial charge in [0, 0.05) is 36.0 Å². The summed E-state index contributed by atoms with van der Waals surface area (Å²) in [4.78, 5) is 23.6. The lowest BCUT2D eigenvalue weighted by molar-refractivity contribution is 0.250. The fourth-order valence-electron chi connectivity index (χ4n) is 3.53. The smallest absolute Gasteiger partial charge is 0.329 e. The molecular weight excluding hydrogens is 387 g/mol. The van der Waals surface area contributed by atoms with E-state index in [1.807, 2.05) is 13.0 Å². The summed E-state index contributed by atoms with van der Waals surface area (Å²) in [7, 11) is 2.76. The molecule has 0 radical (unpaired) electrons. The van der Waals surface area contributed by atoms with Crippen LogP contribution in [0.25, 0.3) is 11.0 Å². The number of urea groups is 1. The maximum atomic E-state index is 15.1. The van der Waals surface area contributed by atoms with Crippen LogP contribution >= 0.6 is 11.6 Å². The summed E-state index contributed by atoms with van der Waals surface area (Å²) in [6.07, 6.45) is 3.45. The Kier molecular flexibility index (Phi) is 4.50. The molecule has 0 spiro atoms. The van der Waals surface area contributed by atoms with Gasteiger partial charge in [-0.1, -0.05) is 11.6 Å². The molecule has 0 saturated carbocycles. The third-order valence-corrected chi connectivity index (χ3v) is 5.20. The SMILES string of the molecule is CCN1C(=O)N(c2c(F)c(OC)cc(OC)c2Cl)Cc2cnc3[nH]ccc3c21. The quantitative estimate of drug-likeness (QED) is 0.702. The Morgan fingerprint density at radius 2 is 2.04 bits per heavy atom. The number of benzene rings is 1. The van der Waals surface area contributed by atoms with Gasteiger partial charge >= 0.3 is 6.03 Å². The minimum atomic E-state index is -0.725. The second kappa shape index (κ2) is 6.87. The van der Waals surface area contributed by atoms with E-state index in [0.29, 0.717) is 12.2 Å². The summed E-state index contributed by atoms with van der Waals surface area (Å²) in [6, 6.07) is 2.83. The number of aromatic nitrogens is 2. The van der Waals surface area contributed by atoms with Gasteiger partial charge in [0.1, 0.15) is 22.1 Å². The minimum absolute atomic E-state index is 0.00401. The monoisotopic (exact) mass is 404 g/mol. The maximum absolute atomic E-state index is 15.1. The Morgan fingerprint density at radius 3 is 2.71 bits per heavy atom. The highest BCUT2D eigenvalue weighted by molar-refractivity contribution is 6.35. The largest absolute Gasteiger partial charge is 0.495 e. The topological polar surface area (TPSA) is 70.7 Å². The van der Waals surface area contributed by atoms with Crippen molar-refractivity contribution < 1.29 is 18.7 Å². The Morgan fingerprint density at radius 1 is 1.29 bits per heavy atom. The highest BCUT2D eigenvalue weighted by atomic mass is 35.5. The molecule has 1 aliphatic rings. The van der Waals surface area contributed by atoms with E-state index in [1.54, 1.807) is 17.3 Å². The Hall–Kier alpha value is -3.00. The third kappa shape index (κ3) is 2.56. The number of halogens is 2. The zero-order valence-electron chi connectivity index (χ0n) is 15.5. The van der Waals surface area contributed by atoms with Crippen LogP contribution in [-0.2, 0) is 6.54 Å². The number of nitrogens with one attached hydrogen (secondary N) is 1. The number of aromatic amines is 1. The molecule has 9 heteroatoms. The van der Waals surface area contributed by atoms with Crippen LogP contribution in [0, 0.1) is 5.82 Å². The number of ether oxygens (including phenoxy) is 2. The summed E-state index contributed by atoms with van der Waals surface area (Å²) in [6.45, 7) is 2.37. The summed E-state index contributed by atoms with van der Waals surface area (Å²) in [5.74, 6) is -0.565. The van der Waals surface area contributed by atoms with E-state index >= 15 is 4.39 Å². The molecule has 1 aromatic carbocycles. The molecule has 3 aromatic rings. The zero-order valence-corrected chi connectivity index (χ0v) is 16.3. The molecule has 1 N–H and O–H groups in total. The summed E-state index contributed by atoms with van der Waals surface area (Å²) in [5.41, 5.74) is 2.15. The molecule has 0 unspecified atom stereocenters. The molecule has 0 atom stereocenters. The molecule has 146 valence electrons. The lowest BCUT2D eigenvalue weighted by atomic mass is 10.1. The number of H-pyrrole nitrogens is 1. The van der Waals surface area contributed by atoms with Gasteiger partial charge in [0.15, 0.2) is 11.6 Å². The van der Waals surface area contributed by atoms with Gasteiger partial charge in [-0.2, -0.15) is 0 Å². The number of hydrogen-bond acceptors (Lipinski definition) is 4. The molecular formula is C19H18ClFN4O3. The Bertz CT molecular complexity index is 1060. The number of carbonyl (C=O) groups is 1. The van der Waals surface area contributed by atoms with Crippen molar-refractivity contribution in [2.45, 2.75) is 13.5 Å². The van der Waals surface area contributed by atoms with E-state index < -0.39 is 5.82 Å². The fraction of sp³-hybridized carbons (Fsp3) is 0.263. The first-order chi connectivity index (χ1) is 13.5. The van der Waals surface area contributed by atoms with Crippen molar-refractivity contribution in [1.29, 1.82) is 0 Å².